The molecule has 2 heterocycles. The van der Waals surface area contributed by atoms with Crippen molar-refractivity contribution in [1.82, 2.24) is 9.88 Å². The molecule has 5 heteroatoms. The second-order valence-corrected chi connectivity index (χ2v) is 5.89. The summed E-state index contributed by atoms with van der Waals surface area (Å²) in [6.07, 6.45) is 7.82. The highest BCUT2D eigenvalue weighted by Crippen LogP contribution is 2.15. The molecule has 1 fully saturated rings. The first-order valence-corrected chi connectivity index (χ1v) is 8.05. The van der Waals surface area contributed by atoms with Crippen LogP contribution in [0.5, 0.6) is 5.75 Å². The fourth-order valence-electron chi connectivity index (χ4n) is 2.59. The maximum absolute atomic E-state index is 12.0. The van der Waals surface area contributed by atoms with E-state index in [1.807, 2.05) is 42.5 Å². The minimum absolute atomic E-state index is 0.0138. The smallest absolute Gasteiger partial charge is 0.246 e. The van der Waals surface area contributed by atoms with Gasteiger partial charge in [-0.2, -0.15) is 0 Å². The molecular formula is C19H21N3O2. The third kappa shape index (κ3) is 4.43. The normalized spacial score (nSPS) is 17.4. The maximum atomic E-state index is 12.0. The molecule has 3 rings (SSSR count). The van der Waals surface area contributed by atoms with E-state index in [-0.39, 0.29) is 11.9 Å². The lowest BCUT2D eigenvalue weighted by atomic mass is 10.2. The van der Waals surface area contributed by atoms with Gasteiger partial charge in [0.1, 0.15) is 12.4 Å². The molecule has 1 aromatic carbocycles. The van der Waals surface area contributed by atoms with E-state index in [4.69, 9.17) is 10.5 Å². The Balaban J connectivity index is 1.52. The number of rotatable bonds is 5. The number of nitrogens with zero attached hydrogens (tertiary/aromatic N) is 2. The minimum Gasteiger partial charge on any atom is -0.489 e. The molecule has 1 aliphatic rings. The molecule has 1 aliphatic heterocycles. The summed E-state index contributed by atoms with van der Waals surface area (Å²) < 4.78 is 5.71. The van der Waals surface area contributed by atoms with Crippen LogP contribution >= 0.6 is 0 Å². The van der Waals surface area contributed by atoms with Crippen LogP contribution in [0.4, 0.5) is 0 Å². The van der Waals surface area contributed by atoms with Crippen LogP contribution in [0.3, 0.4) is 0 Å². The van der Waals surface area contributed by atoms with E-state index in [1.165, 1.54) is 0 Å². The van der Waals surface area contributed by atoms with Gasteiger partial charge in [-0.1, -0.05) is 18.2 Å². The number of hydrogen-bond donors (Lipinski definition) is 1. The SMILES string of the molecule is N[C@@H]1CCN(C(=O)C=Cc2ccc(OCc3cccnc3)cc2)C1. The molecule has 0 bridgehead atoms. The van der Waals surface area contributed by atoms with E-state index in [9.17, 15) is 4.79 Å². The average molecular weight is 323 g/mol. The van der Waals surface area contributed by atoms with Gasteiger partial charge in [0.2, 0.25) is 5.91 Å². The molecule has 0 saturated carbocycles. The number of likely N-dealkylation sites (tertiary alicyclic amines) is 1. The summed E-state index contributed by atoms with van der Waals surface area (Å²) >= 11 is 0. The van der Waals surface area contributed by atoms with Crippen molar-refractivity contribution < 1.29 is 9.53 Å². The fraction of sp³-hybridized carbons (Fsp3) is 0.263. The summed E-state index contributed by atoms with van der Waals surface area (Å²) in [5, 5.41) is 0. The molecule has 124 valence electrons. The number of ether oxygens (including phenoxy) is 1. The summed E-state index contributed by atoms with van der Waals surface area (Å²) in [5.74, 6) is 0.799. The molecule has 1 amide bonds. The Kier molecular flexibility index (Phi) is 5.23. The van der Waals surface area contributed by atoms with E-state index in [0.717, 1.165) is 29.8 Å². The number of carbonyl (C=O) groups is 1. The Bertz CT molecular complexity index is 698. The minimum atomic E-state index is 0.0138. The molecule has 2 N–H and O–H groups in total. The third-order valence-electron chi connectivity index (χ3n) is 3.96. The van der Waals surface area contributed by atoms with Crippen LogP contribution in [0.15, 0.2) is 54.9 Å². The molecule has 0 spiro atoms. The summed E-state index contributed by atoms with van der Waals surface area (Å²) in [7, 11) is 0. The van der Waals surface area contributed by atoms with Crippen molar-refractivity contribution in [2.24, 2.45) is 5.73 Å². The number of aromatic nitrogens is 1. The zero-order valence-corrected chi connectivity index (χ0v) is 13.5. The first kappa shape index (κ1) is 16.2. The van der Waals surface area contributed by atoms with E-state index < -0.39 is 0 Å². The van der Waals surface area contributed by atoms with Crippen LogP contribution in [0.25, 0.3) is 6.08 Å². The summed E-state index contributed by atoms with van der Waals surface area (Å²) in [5.41, 5.74) is 7.80. The van der Waals surface area contributed by atoms with Crippen LogP contribution in [0.1, 0.15) is 17.5 Å². The van der Waals surface area contributed by atoms with Crippen molar-refractivity contribution >= 4 is 12.0 Å². The van der Waals surface area contributed by atoms with Crippen LogP contribution < -0.4 is 10.5 Å². The quantitative estimate of drug-likeness (QED) is 0.857. The van der Waals surface area contributed by atoms with Gasteiger partial charge in [0.25, 0.3) is 0 Å². The lowest BCUT2D eigenvalue weighted by Crippen LogP contribution is -2.30. The first-order chi connectivity index (χ1) is 11.7. The maximum Gasteiger partial charge on any atom is 0.246 e. The van der Waals surface area contributed by atoms with Crippen molar-refractivity contribution in [2.45, 2.75) is 19.1 Å². The monoisotopic (exact) mass is 323 g/mol. The lowest BCUT2D eigenvalue weighted by Gasteiger charge is -2.12. The van der Waals surface area contributed by atoms with Crippen molar-refractivity contribution in [3.63, 3.8) is 0 Å². The van der Waals surface area contributed by atoms with Crippen molar-refractivity contribution in [3.05, 3.63) is 66.0 Å². The Morgan fingerprint density at radius 1 is 1.33 bits per heavy atom. The fourth-order valence-corrected chi connectivity index (χ4v) is 2.59. The van der Waals surface area contributed by atoms with Crippen LogP contribution in [-0.4, -0.2) is 34.9 Å². The van der Waals surface area contributed by atoms with Gasteiger partial charge < -0.3 is 15.4 Å². The molecule has 24 heavy (non-hydrogen) atoms. The standard InChI is InChI=1S/C19H21N3O2/c20-17-9-11-22(13-17)19(23)8-5-15-3-6-18(7-4-15)24-14-16-2-1-10-21-12-16/h1-8,10,12,17H,9,11,13-14,20H2/t17-/m1/s1. The molecule has 0 aliphatic carbocycles. The Labute approximate surface area is 141 Å². The highest BCUT2D eigenvalue weighted by atomic mass is 16.5. The number of benzene rings is 1. The van der Waals surface area contributed by atoms with Gasteiger partial charge in [-0.15, -0.1) is 0 Å². The van der Waals surface area contributed by atoms with Crippen LogP contribution in [0.2, 0.25) is 0 Å². The lowest BCUT2D eigenvalue weighted by molar-refractivity contribution is -0.124. The van der Waals surface area contributed by atoms with E-state index in [2.05, 4.69) is 4.98 Å². The first-order valence-electron chi connectivity index (χ1n) is 8.05. The van der Waals surface area contributed by atoms with Crippen molar-refractivity contribution in [2.75, 3.05) is 13.1 Å². The van der Waals surface area contributed by atoms with Gasteiger partial charge >= 0.3 is 0 Å². The molecular weight excluding hydrogens is 302 g/mol. The van der Waals surface area contributed by atoms with E-state index in [0.29, 0.717) is 13.2 Å². The number of amides is 1. The second kappa shape index (κ2) is 7.75. The molecule has 1 atom stereocenters. The summed E-state index contributed by atoms with van der Waals surface area (Å²) in [4.78, 5) is 17.9. The number of nitrogens with two attached hydrogens (primary N) is 1. The highest BCUT2D eigenvalue weighted by molar-refractivity contribution is 5.92. The van der Waals surface area contributed by atoms with Gasteiger partial charge in [0.05, 0.1) is 0 Å². The largest absolute Gasteiger partial charge is 0.489 e. The third-order valence-corrected chi connectivity index (χ3v) is 3.96. The van der Waals surface area contributed by atoms with Crippen molar-refractivity contribution in [3.8, 4) is 5.75 Å². The van der Waals surface area contributed by atoms with Gasteiger partial charge in [-0.05, 0) is 36.3 Å². The topological polar surface area (TPSA) is 68.5 Å². The zero-order chi connectivity index (χ0) is 16.8. The van der Waals surface area contributed by atoms with Gasteiger partial charge in [-0.3, -0.25) is 9.78 Å². The average Bonchev–Trinajstić information content (AvgIpc) is 3.06. The molecule has 1 aromatic heterocycles. The predicted octanol–water partition coefficient (Wildman–Crippen LogP) is 2.23. The zero-order valence-electron chi connectivity index (χ0n) is 13.5. The number of carbonyl (C=O) groups excluding carboxylic acids is 1. The second-order valence-electron chi connectivity index (χ2n) is 5.89. The Morgan fingerprint density at radius 3 is 2.83 bits per heavy atom. The summed E-state index contributed by atoms with van der Waals surface area (Å²) in [6, 6.07) is 11.6. The Morgan fingerprint density at radius 2 is 2.17 bits per heavy atom. The Hall–Kier alpha value is -2.66. The van der Waals surface area contributed by atoms with Gasteiger partial charge in [0, 0.05) is 43.2 Å². The number of pyridine rings is 1. The predicted molar refractivity (Wildman–Crippen MR) is 93.2 cm³/mol. The summed E-state index contributed by atoms with van der Waals surface area (Å²) in [6.45, 7) is 1.87. The highest BCUT2D eigenvalue weighted by Gasteiger charge is 2.21. The molecule has 1 saturated heterocycles. The van der Waals surface area contributed by atoms with Crippen molar-refractivity contribution in [1.29, 1.82) is 0 Å². The molecule has 5 nitrogen and oxygen atoms in total. The number of hydrogen-bond acceptors (Lipinski definition) is 4. The van der Waals surface area contributed by atoms with Crippen LogP contribution in [0, 0.1) is 0 Å². The van der Waals surface area contributed by atoms with Gasteiger partial charge in [-0.25, -0.2) is 0 Å². The van der Waals surface area contributed by atoms with E-state index in [1.54, 1.807) is 23.4 Å². The van der Waals surface area contributed by atoms with Gasteiger partial charge in [0.15, 0.2) is 0 Å². The molecule has 0 radical (unpaired) electrons. The van der Waals surface area contributed by atoms with Crippen LogP contribution in [-0.2, 0) is 11.4 Å². The molecule has 0 unspecified atom stereocenters. The van der Waals surface area contributed by atoms with E-state index >= 15 is 0 Å². The molecule has 2 aromatic rings.